The Balaban J connectivity index is 1.76. The molecule has 0 amide bonds. The van der Waals surface area contributed by atoms with Gasteiger partial charge >= 0.3 is 0 Å². The van der Waals surface area contributed by atoms with Crippen LogP contribution in [0.2, 0.25) is 0 Å². The fourth-order valence-electron chi connectivity index (χ4n) is 3.43. The van der Waals surface area contributed by atoms with Crippen molar-refractivity contribution in [3.63, 3.8) is 0 Å². The highest BCUT2D eigenvalue weighted by atomic mass is 16.1. The van der Waals surface area contributed by atoms with Crippen LogP contribution >= 0.6 is 0 Å². The molecule has 3 rings (SSSR count). The second kappa shape index (κ2) is 8.07. The molecule has 2 aromatic rings. The molecule has 2 heteroatoms. The second-order valence-electron chi connectivity index (χ2n) is 6.47. The number of benzene rings is 2. The number of Topliss-reactive ketones (excluding diaryl/α,β-unsaturated/α-hetero) is 1. The largest absolute Gasteiger partial charge is 0.304 e. The Kier molecular flexibility index (Phi) is 5.60. The van der Waals surface area contributed by atoms with E-state index >= 15 is 0 Å². The summed E-state index contributed by atoms with van der Waals surface area (Å²) in [6, 6.07) is 20.3. The van der Waals surface area contributed by atoms with Crippen LogP contribution in [0.25, 0.3) is 0 Å². The van der Waals surface area contributed by atoms with Crippen LogP contribution in [-0.4, -0.2) is 17.9 Å². The fourth-order valence-corrected chi connectivity index (χ4v) is 3.43. The third-order valence-corrected chi connectivity index (χ3v) is 4.70. The van der Waals surface area contributed by atoms with Crippen LogP contribution in [-0.2, 0) is 6.42 Å². The molecular weight excluding hydrogens is 282 g/mol. The van der Waals surface area contributed by atoms with Crippen molar-refractivity contribution in [1.82, 2.24) is 5.32 Å². The molecule has 0 aliphatic heterocycles. The Hall–Kier alpha value is -1.93. The number of carbonyl (C=O) groups excluding carboxylic acids is 1. The van der Waals surface area contributed by atoms with Gasteiger partial charge in [-0.05, 0) is 24.8 Å². The first-order chi connectivity index (χ1) is 11.3. The van der Waals surface area contributed by atoms with Crippen LogP contribution in [0.1, 0.15) is 48.0 Å². The number of hydrogen-bond acceptors (Lipinski definition) is 2. The number of hydrogen-bond donors (Lipinski definition) is 1. The molecule has 0 saturated heterocycles. The lowest BCUT2D eigenvalue weighted by atomic mass is 9.92. The summed E-state index contributed by atoms with van der Waals surface area (Å²) in [4.78, 5) is 13.0. The normalized spacial score (nSPS) is 16.9. The topological polar surface area (TPSA) is 29.1 Å². The Bertz CT molecular complexity index is 602. The maximum atomic E-state index is 13.0. The summed E-state index contributed by atoms with van der Waals surface area (Å²) in [7, 11) is 0. The maximum absolute atomic E-state index is 13.0. The summed E-state index contributed by atoms with van der Waals surface area (Å²) in [5.41, 5.74) is 2.02. The molecule has 1 unspecified atom stereocenters. The molecule has 0 bridgehead atoms. The van der Waals surface area contributed by atoms with Gasteiger partial charge in [0.05, 0.1) is 6.04 Å². The molecule has 23 heavy (non-hydrogen) atoms. The maximum Gasteiger partial charge on any atom is 0.180 e. The highest BCUT2D eigenvalue weighted by molar-refractivity contribution is 6.00. The van der Waals surface area contributed by atoms with Crippen molar-refractivity contribution in [1.29, 1.82) is 0 Å². The Morgan fingerprint density at radius 1 is 0.913 bits per heavy atom. The number of carbonyl (C=O) groups is 1. The van der Waals surface area contributed by atoms with Gasteiger partial charge in [-0.2, -0.15) is 0 Å². The van der Waals surface area contributed by atoms with Crippen LogP contribution in [0.5, 0.6) is 0 Å². The summed E-state index contributed by atoms with van der Waals surface area (Å²) in [6.07, 6.45) is 7.00. The van der Waals surface area contributed by atoms with Crippen molar-refractivity contribution >= 4 is 5.78 Å². The summed E-state index contributed by atoms with van der Waals surface area (Å²) < 4.78 is 0. The second-order valence-corrected chi connectivity index (χ2v) is 6.47. The van der Waals surface area contributed by atoms with E-state index in [0.717, 1.165) is 12.0 Å². The van der Waals surface area contributed by atoms with Crippen LogP contribution in [0.3, 0.4) is 0 Å². The van der Waals surface area contributed by atoms with Gasteiger partial charge in [-0.15, -0.1) is 0 Å². The predicted octanol–water partition coefficient (Wildman–Crippen LogP) is 4.40. The number of nitrogens with one attached hydrogen (secondary N) is 1. The van der Waals surface area contributed by atoms with Crippen LogP contribution in [0, 0.1) is 0 Å². The third-order valence-electron chi connectivity index (χ3n) is 4.70. The summed E-state index contributed by atoms with van der Waals surface area (Å²) in [5.74, 6) is 0.208. The molecule has 0 heterocycles. The number of ketones is 1. The molecule has 1 saturated carbocycles. The quantitative estimate of drug-likeness (QED) is 0.801. The highest BCUT2D eigenvalue weighted by Gasteiger charge is 2.24. The minimum absolute atomic E-state index is 0.136. The predicted molar refractivity (Wildman–Crippen MR) is 94.7 cm³/mol. The molecular formula is C21H25NO. The Morgan fingerprint density at radius 3 is 2.17 bits per heavy atom. The standard InChI is InChI=1S/C21H25NO/c23-21(18-12-6-2-7-13-18)20(16-17-10-4-1-5-11-17)22-19-14-8-3-9-15-19/h1-2,4-7,10-13,19-20,22H,3,8-9,14-16H2. The molecule has 0 radical (unpaired) electrons. The van der Waals surface area contributed by atoms with E-state index in [1.54, 1.807) is 0 Å². The molecule has 0 spiro atoms. The van der Waals surface area contributed by atoms with E-state index in [9.17, 15) is 4.79 Å². The minimum Gasteiger partial charge on any atom is -0.304 e. The molecule has 1 atom stereocenters. The van der Waals surface area contributed by atoms with Gasteiger partial charge in [-0.3, -0.25) is 4.79 Å². The van der Waals surface area contributed by atoms with Crippen LogP contribution in [0.4, 0.5) is 0 Å². The average Bonchev–Trinajstić information content (AvgIpc) is 2.63. The lowest BCUT2D eigenvalue weighted by Gasteiger charge is -2.28. The van der Waals surface area contributed by atoms with E-state index < -0.39 is 0 Å². The molecule has 1 fully saturated rings. The highest BCUT2D eigenvalue weighted by Crippen LogP contribution is 2.19. The summed E-state index contributed by atoms with van der Waals surface area (Å²) in [5, 5.41) is 3.65. The number of rotatable bonds is 6. The van der Waals surface area contributed by atoms with Crippen molar-refractivity contribution in [2.75, 3.05) is 0 Å². The minimum atomic E-state index is -0.136. The van der Waals surface area contributed by atoms with Crippen molar-refractivity contribution in [3.8, 4) is 0 Å². The zero-order valence-electron chi connectivity index (χ0n) is 13.6. The van der Waals surface area contributed by atoms with E-state index in [1.807, 2.05) is 48.5 Å². The molecule has 1 aliphatic rings. The summed E-state index contributed by atoms with van der Waals surface area (Å²) >= 11 is 0. The summed E-state index contributed by atoms with van der Waals surface area (Å²) in [6.45, 7) is 0. The van der Waals surface area contributed by atoms with Gasteiger partial charge in [-0.1, -0.05) is 79.9 Å². The van der Waals surface area contributed by atoms with Crippen LogP contribution in [0.15, 0.2) is 60.7 Å². The molecule has 1 aliphatic carbocycles. The first kappa shape index (κ1) is 15.9. The van der Waals surface area contributed by atoms with Crippen molar-refractivity contribution < 1.29 is 4.79 Å². The fraction of sp³-hybridized carbons (Fsp3) is 0.381. The van der Waals surface area contributed by atoms with Crippen molar-refractivity contribution in [2.45, 2.75) is 50.6 Å². The smallest absolute Gasteiger partial charge is 0.180 e. The monoisotopic (exact) mass is 307 g/mol. The van der Waals surface area contributed by atoms with E-state index in [2.05, 4.69) is 17.4 Å². The third kappa shape index (κ3) is 4.52. The van der Waals surface area contributed by atoms with Crippen molar-refractivity contribution in [2.24, 2.45) is 0 Å². The zero-order chi connectivity index (χ0) is 15.9. The Morgan fingerprint density at radius 2 is 1.52 bits per heavy atom. The molecule has 1 N–H and O–H groups in total. The average molecular weight is 307 g/mol. The lowest BCUT2D eigenvalue weighted by Crippen LogP contribution is -2.45. The first-order valence-corrected chi connectivity index (χ1v) is 8.72. The van der Waals surface area contributed by atoms with Crippen molar-refractivity contribution in [3.05, 3.63) is 71.8 Å². The Labute approximate surface area is 138 Å². The van der Waals surface area contributed by atoms with E-state index in [1.165, 1.54) is 37.7 Å². The lowest BCUT2D eigenvalue weighted by molar-refractivity contribution is 0.0930. The van der Waals surface area contributed by atoms with Gasteiger partial charge in [0.25, 0.3) is 0 Å². The molecule has 2 aromatic carbocycles. The van der Waals surface area contributed by atoms with Gasteiger partial charge < -0.3 is 5.32 Å². The zero-order valence-corrected chi connectivity index (χ0v) is 13.6. The van der Waals surface area contributed by atoms with Gasteiger partial charge in [0.2, 0.25) is 0 Å². The van der Waals surface area contributed by atoms with Crippen LogP contribution < -0.4 is 5.32 Å². The van der Waals surface area contributed by atoms with E-state index in [0.29, 0.717) is 6.04 Å². The van der Waals surface area contributed by atoms with Gasteiger partial charge in [0, 0.05) is 11.6 Å². The molecule has 0 aromatic heterocycles. The molecule has 120 valence electrons. The first-order valence-electron chi connectivity index (χ1n) is 8.72. The SMILES string of the molecule is O=C(c1ccccc1)C(Cc1ccccc1)NC1CCCCC1. The van der Waals surface area contributed by atoms with E-state index in [4.69, 9.17) is 0 Å². The van der Waals surface area contributed by atoms with Gasteiger partial charge in [-0.25, -0.2) is 0 Å². The van der Waals surface area contributed by atoms with E-state index in [-0.39, 0.29) is 11.8 Å². The molecule has 2 nitrogen and oxygen atoms in total. The van der Waals surface area contributed by atoms with Gasteiger partial charge in [0.1, 0.15) is 0 Å². The van der Waals surface area contributed by atoms with Gasteiger partial charge in [0.15, 0.2) is 5.78 Å².